The molecule has 1 nitrogen and oxygen atoms in total. The fraction of sp³-hybridized carbons (Fsp3) is 0.889. The Labute approximate surface area is 73.7 Å². The van der Waals surface area contributed by atoms with Gasteiger partial charge in [0.15, 0.2) is 0 Å². The predicted octanol–water partition coefficient (Wildman–Crippen LogP) is 1.46. The number of carbonyl (C=O) groups excluding carboxylic acids is 1. The van der Waals surface area contributed by atoms with Gasteiger partial charge in [-0.25, -0.2) is 0 Å². The molecule has 0 aromatic heterocycles. The lowest BCUT2D eigenvalue weighted by Gasteiger charge is -2.12. The highest BCUT2D eigenvalue weighted by atomic mass is 79.9. The van der Waals surface area contributed by atoms with Gasteiger partial charge >= 0.3 is 0 Å². The van der Waals surface area contributed by atoms with E-state index in [1.54, 1.807) is 0 Å². The Balaban J connectivity index is 1.96. The average Bonchev–Trinajstić information content (AvgIpc) is 2.39. The van der Waals surface area contributed by atoms with E-state index in [2.05, 4.69) is 15.9 Å². The van der Waals surface area contributed by atoms with Gasteiger partial charge in [-0.15, -0.1) is 0 Å². The molecule has 7 atom stereocenters. The fourth-order valence-electron chi connectivity index (χ4n) is 4.40. The van der Waals surface area contributed by atoms with Gasteiger partial charge in [0.25, 0.3) is 0 Å². The van der Waals surface area contributed by atoms with Crippen LogP contribution in [0.15, 0.2) is 0 Å². The number of Topliss-reactive ketones (excluding diaryl/α,β-unsaturated/α-hetero) is 1. The maximum Gasteiger partial charge on any atom is 0.150 e. The molecule has 0 amide bonds. The van der Waals surface area contributed by atoms with Crippen molar-refractivity contribution in [2.24, 2.45) is 35.5 Å². The van der Waals surface area contributed by atoms with Crippen molar-refractivity contribution in [2.45, 2.75) is 11.2 Å². The number of hydrogen-bond acceptors (Lipinski definition) is 1. The van der Waals surface area contributed by atoms with Crippen LogP contribution < -0.4 is 0 Å². The first-order chi connectivity index (χ1) is 5.30. The molecule has 0 radical (unpaired) electrons. The Morgan fingerprint density at radius 3 is 2.55 bits per heavy atom. The molecule has 6 bridgehead atoms. The number of alkyl halides is 1. The van der Waals surface area contributed by atoms with Crippen LogP contribution in [0.3, 0.4) is 0 Å². The second-order valence-electron chi connectivity index (χ2n) is 4.63. The molecule has 2 heteroatoms. The second kappa shape index (κ2) is 1.34. The van der Waals surface area contributed by atoms with E-state index in [0.29, 0.717) is 11.7 Å². The molecule has 0 aromatic rings. The topological polar surface area (TPSA) is 17.1 Å². The summed E-state index contributed by atoms with van der Waals surface area (Å²) in [5, 5.41) is 0. The SMILES string of the molecule is O=C1C(Br)C2C3CC4C(C13)C42. The predicted molar refractivity (Wildman–Crippen MR) is 43.3 cm³/mol. The van der Waals surface area contributed by atoms with Gasteiger partial charge in [0, 0.05) is 5.92 Å². The molecule has 5 aliphatic rings. The summed E-state index contributed by atoms with van der Waals surface area (Å²) < 4.78 is 0. The fourth-order valence-corrected chi connectivity index (χ4v) is 5.45. The lowest BCUT2D eigenvalue weighted by atomic mass is 9.99. The molecule has 58 valence electrons. The first-order valence-corrected chi connectivity index (χ1v) is 5.40. The minimum Gasteiger partial charge on any atom is -0.298 e. The Morgan fingerprint density at radius 1 is 1.18 bits per heavy atom. The molecule has 0 heterocycles. The zero-order valence-corrected chi connectivity index (χ0v) is 7.62. The van der Waals surface area contributed by atoms with Crippen molar-refractivity contribution < 1.29 is 4.79 Å². The van der Waals surface area contributed by atoms with Crippen LogP contribution in [0.5, 0.6) is 0 Å². The maximum atomic E-state index is 11.6. The van der Waals surface area contributed by atoms with Gasteiger partial charge in [0.05, 0.1) is 4.83 Å². The van der Waals surface area contributed by atoms with Gasteiger partial charge in [0.2, 0.25) is 0 Å². The van der Waals surface area contributed by atoms with Gasteiger partial charge in [-0.05, 0) is 36.0 Å². The van der Waals surface area contributed by atoms with E-state index in [4.69, 9.17) is 0 Å². The summed E-state index contributed by atoms with van der Waals surface area (Å²) in [6.07, 6.45) is 1.39. The zero-order chi connectivity index (χ0) is 7.33. The molecule has 0 aromatic carbocycles. The van der Waals surface area contributed by atoms with Gasteiger partial charge in [-0.3, -0.25) is 4.79 Å². The summed E-state index contributed by atoms with van der Waals surface area (Å²) >= 11 is 3.55. The van der Waals surface area contributed by atoms with Crippen molar-refractivity contribution in [1.82, 2.24) is 0 Å². The van der Waals surface area contributed by atoms with Crippen LogP contribution in [0, 0.1) is 35.5 Å². The third-order valence-electron chi connectivity index (χ3n) is 4.59. The molecule has 0 spiro atoms. The van der Waals surface area contributed by atoms with Gasteiger partial charge < -0.3 is 0 Å². The lowest BCUT2D eigenvalue weighted by Crippen LogP contribution is -2.23. The third kappa shape index (κ3) is 0.379. The summed E-state index contributed by atoms with van der Waals surface area (Å²) in [7, 11) is 0. The number of hydrogen-bond donors (Lipinski definition) is 0. The number of carbonyl (C=O) groups is 1. The molecule has 5 rings (SSSR count). The molecule has 11 heavy (non-hydrogen) atoms. The van der Waals surface area contributed by atoms with Crippen LogP contribution in [-0.2, 0) is 4.79 Å². The van der Waals surface area contributed by atoms with Crippen molar-refractivity contribution in [3.8, 4) is 0 Å². The normalized spacial score (nSPS) is 74.6. The van der Waals surface area contributed by atoms with E-state index in [9.17, 15) is 4.79 Å². The Kier molecular flexibility index (Phi) is 0.701. The highest BCUT2D eigenvalue weighted by molar-refractivity contribution is 9.10. The molecule has 7 unspecified atom stereocenters. The van der Waals surface area contributed by atoms with Crippen molar-refractivity contribution in [2.75, 3.05) is 0 Å². The summed E-state index contributed by atoms with van der Waals surface area (Å²) in [6.45, 7) is 0. The first kappa shape index (κ1) is 5.74. The molecular weight excluding hydrogens is 204 g/mol. The Morgan fingerprint density at radius 2 is 2.00 bits per heavy atom. The molecule has 5 aliphatic carbocycles. The van der Waals surface area contributed by atoms with E-state index < -0.39 is 0 Å². The van der Waals surface area contributed by atoms with E-state index in [0.717, 1.165) is 29.6 Å². The Hall–Kier alpha value is 0.150. The largest absolute Gasteiger partial charge is 0.298 e. The molecule has 0 aliphatic heterocycles. The summed E-state index contributed by atoms with van der Waals surface area (Å²) in [5.74, 6) is 5.47. The third-order valence-corrected chi connectivity index (χ3v) is 5.65. The van der Waals surface area contributed by atoms with Gasteiger partial charge in [-0.1, -0.05) is 15.9 Å². The van der Waals surface area contributed by atoms with Crippen LogP contribution in [0.4, 0.5) is 0 Å². The minimum absolute atomic E-state index is 0.256. The molecule has 0 saturated heterocycles. The van der Waals surface area contributed by atoms with Gasteiger partial charge in [-0.2, -0.15) is 0 Å². The monoisotopic (exact) mass is 212 g/mol. The van der Waals surface area contributed by atoms with Crippen molar-refractivity contribution >= 4 is 21.7 Å². The molecule has 5 saturated carbocycles. The van der Waals surface area contributed by atoms with Crippen LogP contribution in [0.25, 0.3) is 0 Å². The number of ketones is 1. The van der Waals surface area contributed by atoms with Crippen LogP contribution in [0.1, 0.15) is 6.42 Å². The van der Waals surface area contributed by atoms with E-state index in [-0.39, 0.29) is 4.83 Å². The summed E-state index contributed by atoms with van der Waals surface area (Å²) in [4.78, 5) is 11.8. The van der Waals surface area contributed by atoms with E-state index in [1.807, 2.05) is 0 Å². The summed E-state index contributed by atoms with van der Waals surface area (Å²) in [5.41, 5.74) is 0. The van der Waals surface area contributed by atoms with E-state index in [1.165, 1.54) is 6.42 Å². The lowest BCUT2D eigenvalue weighted by molar-refractivity contribution is -0.121. The molecule has 0 N–H and O–H groups in total. The molecule has 5 fully saturated rings. The summed E-state index contributed by atoms with van der Waals surface area (Å²) in [6, 6.07) is 0. The van der Waals surface area contributed by atoms with Gasteiger partial charge in [0.1, 0.15) is 5.78 Å². The van der Waals surface area contributed by atoms with Crippen molar-refractivity contribution in [3.05, 3.63) is 0 Å². The average molecular weight is 213 g/mol. The van der Waals surface area contributed by atoms with Crippen LogP contribution in [0.2, 0.25) is 0 Å². The number of halogens is 1. The first-order valence-electron chi connectivity index (χ1n) is 4.48. The number of rotatable bonds is 0. The quantitative estimate of drug-likeness (QED) is 0.557. The van der Waals surface area contributed by atoms with Crippen LogP contribution >= 0.6 is 15.9 Å². The minimum atomic E-state index is 0.256. The van der Waals surface area contributed by atoms with Crippen LogP contribution in [-0.4, -0.2) is 10.6 Å². The highest BCUT2D eigenvalue weighted by Crippen LogP contribution is 2.80. The molecular formula is C9H9BrO. The smallest absolute Gasteiger partial charge is 0.150 e. The highest BCUT2D eigenvalue weighted by Gasteiger charge is 2.80. The second-order valence-corrected chi connectivity index (χ2v) is 5.61. The van der Waals surface area contributed by atoms with E-state index >= 15 is 0 Å². The maximum absolute atomic E-state index is 11.6. The zero-order valence-electron chi connectivity index (χ0n) is 6.03. The standard InChI is InChI=1S/C9H9BrO/c10-8-6-3-1-2-4(6)5(2)7(3)9(8)11/h2-8H,1H2. The van der Waals surface area contributed by atoms with Crippen molar-refractivity contribution in [3.63, 3.8) is 0 Å². The van der Waals surface area contributed by atoms with Crippen molar-refractivity contribution in [1.29, 1.82) is 0 Å². The Bertz CT molecular complexity index is 275.